The highest BCUT2D eigenvalue weighted by atomic mass is 16.5. The molecule has 2 N–H and O–H groups in total. The van der Waals surface area contributed by atoms with E-state index in [1.54, 1.807) is 7.05 Å². The van der Waals surface area contributed by atoms with Crippen molar-refractivity contribution in [2.45, 2.75) is 39.7 Å². The van der Waals surface area contributed by atoms with E-state index in [9.17, 15) is 0 Å². The van der Waals surface area contributed by atoms with E-state index >= 15 is 0 Å². The zero-order valence-corrected chi connectivity index (χ0v) is 16.0. The van der Waals surface area contributed by atoms with Crippen LogP contribution in [0.5, 0.6) is 5.75 Å². The second-order valence-corrected chi connectivity index (χ2v) is 7.16. The molecule has 1 atom stereocenters. The van der Waals surface area contributed by atoms with Crippen molar-refractivity contribution in [1.82, 2.24) is 10.6 Å². The van der Waals surface area contributed by atoms with Gasteiger partial charge in [-0.3, -0.25) is 4.99 Å². The summed E-state index contributed by atoms with van der Waals surface area (Å²) in [4.78, 5) is 4.28. The smallest absolute Gasteiger partial charge is 0.191 e. The second-order valence-electron chi connectivity index (χ2n) is 7.16. The van der Waals surface area contributed by atoms with Gasteiger partial charge in [-0.25, -0.2) is 0 Å². The fourth-order valence-corrected chi connectivity index (χ4v) is 2.37. The monoisotopic (exact) mass is 347 g/mol. The Hall–Kier alpha value is -1.75. The fraction of sp³-hybridized carbons (Fsp3) is 0.650. The standard InChI is InChI=1S/C20H33N3O2/c1-15(2)13-25-19-9-7-18(8-10-19)16(3)23-20(21-4)22-11-12-24-14-17-5-6-17/h7-10,15-17H,5-6,11-14H2,1-4H3,(H2,21,22,23). The van der Waals surface area contributed by atoms with Crippen molar-refractivity contribution in [2.24, 2.45) is 16.8 Å². The third-order valence-electron chi connectivity index (χ3n) is 4.13. The van der Waals surface area contributed by atoms with E-state index in [1.165, 1.54) is 18.4 Å². The third-order valence-corrected chi connectivity index (χ3v) is 4.13. The van der Waals surface area contributed by atoms with Crippen LogP contribution in [0, 0.1) is 11.8 Å². The number of guanidine groups is 1. The highest BCUT2D eigenvalue weighted by molar-refractivity contribution is 5.80. The van der Waals surface area contributed by atoms with Crippen LogP contribution in [0.2, 0.25) is 0 Å². The van der Waals surface area contributed by atoms with E-state index in [2.05, 4.69) is 48.5 Å². The highest BCUT2D eigenvalue weighted by Gasteiger charge is 2.20. The van der Waals surface area contributed by atoms with E-state index in [0.29, 0.717) is 12.5 Å². The molecule has 0 aliphatic heterocycles. The molecule has 1 saturated carbocycles. The number of ether oxygens (including phenoxy) is 2. The molecule has 1 aliphatic rings. The maximum Gasteiger partial charge on any atom is 0.191 e. The molecular weight excluding hydrogens is 314 g/mol. The van der Waals surface area contributed by atoms with Crippen molar-refractivity contribution < 1.29 is 9.47 Å². The van der Waals surface area contributed by atoms with Gasteiger partial charge < -0.3 is 20.1 Å². The molecular formula is C20H33N3O2. The van der Waals surface area contributed by atoms with E-state index in [0.717, 1.165) is 37.4 Å². The molecule has 1 aromatic rings. The van der Waals surface area contributed by atoms with Gasteiger partial charge in [-0.15, -0.1) is 0 Å². The van der Waals surface area contributed by atoms with Crippen LogP contribution in [0.25, 0.3) is 0 Å². The van der Waals surface area contributed by atoms with Crippen molar-refractivity contribution in [2.75, 3.05) is 33.4 Å². The topological polar surface area (TPSA) is 54.9 Å². The van der Waals surface area contributed by atoms with Gasteiger partial charge in [-0.05, 0) is 49.3 Å². The molecule has 25 heavy (non-hydrogen) atoms. The lowest BCUT2D eigenvalue weighted by molar-refractivity contribution is 0.129. The van der Waals surface area contributed by atoms with Crippen LogP contribution in [0.15, 0.2) is 29.3 Å². The number of nitrogens with zero attached hydrogens (tertiary/aromatic N) is 1. The first-order valence-corrected chi connectivity index (χ1v) is 9.36. The predicted molar refractivity (Wildman–Crippen MR) is 103 cm³/mol. The summed E-state index contributed by atoms with van der Waals surface area (Å²) < 4.78 is 11.4. The van der Waals surface area contributed by atoms with Gasteiger partial charge in [0.2, 0.25) is 0 Å². The summed E-state index contributed by atoms with van der Waals surface area (Å²) in [5.74, 6) is 3.05. The van der Waals surface area contributed by atoms with Crippen LogP contribution in [0.1, 0.15) is 45.2 Å². The molecule has 2 rings (SSSR count). The molecule has 5 heteroatoms. The first kappa shape index (κ1) is 19.6. The quantitative estimate of drug-likeness (QED) is 0.387. The molecule has 1 aromatic carbocycles. The maximum absolute atomic E-state index is 5.73. The van der Waals surface area contributed by atoms with E-state index in [1.807, 2.05) is 12.1 Å². The van der Waals surface area contributed by atoms with Crippen LogP contribution >= 0.6 is 0 Å². The summed E-state index contributed by atoms with van der Waals surface area (Å²) in [5, 5.41) is 6.70. The number of hydrogen-bond donors (Lipinski definition) is 2. The van der Waals surface area contributed by atoms with E-state index < -0.39 is 0 Å². The van der Waals surface area contributed by atoms with Crippen LogP contribution in [0.4, 0.5) is 0 Å². The Balaban J connectivity index is 1.71. The van der Waals surface area contributed by atoms with Gasteiger partial charge in [-0.1, -0.05) is 26.0 Å². The molecule has 1 aliphatic carbocycles. The molecule has 0 heterocycles. The number of aliphatic imine (C=N–C) groups is 1. The first-order chi connectivity index (χ1) is 12.1. The lowest BCUT2D eigenvalue weighted by atomic mass is 10.1. The maximum atomic E-state index is 5.73. The van der Waals surface area contributed by atoms with Crippen molar-refractivity contribution in [1.29, 1.82) is 0 Å². The Kier molecular flexibility index (Phi) is 8.06. The van der Waals surface area contributed by atoms with Gasteiger partial charge >= 0.3 is 0 Å². The lowest BCUT2D eigenvalue weighted by Gasteiger charge is -2.19. The third kappa shape index (κ3) is 7.78. The molecule has 5 nitrogen and oxygen atoms in total. The summed E-state index contributed by atoms with van der Waals surface area (Å²) >= 11 is 0. The highest BCUT2D eigenvalue weighted by Crippen LogP contribution is 2.28. The molecule has 140 valence electrons. The first-order valence-electron chi connectivity index (χ1n) is 9.36. The van der Waals surface area contributed by atoms with Crippen molar-refractivity contribution in [3.8, 4) is 5.75 Å². The number of hydrogen-bond acceptors (Lipinski definition) is 3. The Morgan fingerprint density at radius 3 is 2.52 bits per heavy atom. The zero-order valence-electron chi connectivity index (χ0n) is 16.0. The Morgan fingerprint density at radius 1 is 1.20 bits per heavy atom. The number of nitrogens with one attached hydrogen (secondary N) is 2. The van der Waals surface area contributed by atoms with Crippen molar-refractivity contribution in [3.63, 3.8) is 0 Å². The minimum atomic E-state index is 0.165. The average Bonchev–Trinajstić information content (AvgIpc) is 3.43. The van der Waals surface area contributed by atoms with Gasteiger partial charge in [0.1, 0.15) is 5.75 Å². The molecule has 0 amide bonds. The SMILES string of the molecule is CN=C(NCCOCC1CC1)NC(C)c1ccc(OCC(C)C)cc1. The van der Waals surface area contributed by atoms with Crippen LogP contribution < -0.4 is 15.4 Å². The zero-order chi connectivity index (χ0) is 18.1. The van der Waals surface area contributed by atoms with Gasteiger partial charge in [0, 0.05) is 20.2 Å². The number of benzene rings is 1. The largest absolute Gasteiger partial charge is 0.493 e. The lowest BCUT2D eigenvalue weighted by Crippen LogP contribution is -2.40. The van der Waals surface area contributed by atoms with Crippen LogP contribution in [-0.2, 0) is 4.74 Å². The predicted octanol–water partition coefficient (Wildman–Crippen LogP) is 3.37. The van der Waals surface area contributed by atoms with Crippen LogP contribution in [-0.4, -0.2) is 39.4 Å². The Morgan fingerprint density at radius 2 is 1.92 bits per heavy atom. The molecule has 0 saturated heterocycles. The van der Waals surface area contributed by atoms with E-state index in [4.69, 9.17) is 9.47 Å². The molecule has 0 radical (unpaired) electrons. The summed E-state index contributed by atoms with van der Waals surface area (Å²) in [6.45, 7) is 9.54. The summed E-state index contributed by atoms with van der Waals surface area (Å²) in [5.41, 5.74) is 1.20. The Labute approximate surface area is 152 Å². The van der Waals surface area contributed by atoms with E-state index in [-0.39, 0.29) is 6.04 Å². The molecule has 1 fully saturated rings. The minimum absolute atomic E-state index is 0.165. The van der Waals surface area contributed by atoms with Gasteiger partial charge in [-0.2, -0.15) is 0 Å². The summed E-state index contributed by atoms with van der Waals surface area (Å²) in [6.07, 6.45) is 2.66. The fourth-order valence-electron chi connectivity index (χ4n) is 2.37. The average molecular weight is 348 g/mol. The molecule has 0 spiro atoms. The van der Waals surface area contributed by atoms with Crippen molar-refractivity contribution >= 4 is 5.96 Å². The van der Waals surface area contributed by atoms with Gasteiger partial charge in [0.25, 0.3) is 0 Å². The number of rotatable bonds is 10. The van der Waals surface area contributed by atoms with Crippen LogP contribution in [0.3, 0.4) is 0 Å². The summed E-state index contributed by atoms with van der Waals surface area (Å²) in [7, 11) is 1.79. The van der Waals surface area contributed by atoms with Gasteiger partial charge in [0.15, 0.2) is 5.96 Å². The molecule has 0 bridgehead atoms. The molecule has 0 aromatic heterocycles. The normalized spacial score (nSPS) is 16.0. The molecule has 1 unspecified atom stereocenters. The second kappa shape index (κ2) is 10.3. The minimum Gasteiger partial charge on any atom is -0.493 e. The Bertz CT molecular complexity index is 524. The summed E-state index contributed by atoms with van der Waals surface area (Å²) in [6, 6.07) is 8.41. The van der Waals surface area contributed by atoms with Gasteiger partial charge in [0.05, 0.1) is 19.3 Å². The van der Waals surface area contributed by atoms with Crippen molar-refractivity contribution in [3.05, 3.63) is 29.8 Å².